The maximum Gasteiger partial charge on any atom is 0.191 e. The third-order valence-corrected chi connectivity index (χ3v) is 5.55. The Hall–Kier alpha value is -2.07. The molecule has 0 spiro atoms. The van der Waals surface area contributed by atoms with E-state index in [1.165, 1.54) is 18.4 Å². The molecular formula is C24H37IN6O. The van der Waals surface area contributed by atoms with E-state index >= 15 is 0 Å². The van der Waals surface area contributed by atoms with Crippen LogP contribution in [-0.2, 0) is 6.54 Å². The zero-order valence-electron chi connectivity index (χ0n) is 19.7. The summed E-state index contributed by atoms with van der Waals surface area (Å²) in [6.45, 7) is 6.56. The number of aromatic nitrogens is 1. The molecule has 1 unspecified atom stereocenters. The predicted molar refractivity (Wildman–Crippen MR) is 143 cm³/mol. The van der Waals surface area contributed by atoms with Crippen molar-refractivity contribution < 1.29 is 4.74 Å². The first-order chi connectivity index (χ1) is 15.1. The first-order valence-corrected chi connectivity index (χ1v) is 11.1. The number of benzene rings is 1. The SMILES string of the molecule is CCNC(=NCc1ccnc(N(C)C)c1)NCC(c1cccc(OC)c1)N1CCCC1.I. The van der Waals surface area contributed by atoms with Crippen LogP contribution < -0.4 is 20.3 Å². The molecule has 0 amide bonds. The number of halogens is 1. The average Bonchev–Trinajstić information content (AvgIpc) is 3.32. The molecule has 1 atom stereocenters. The van der Waals surface area contributed by atoms with Crippen LogP contribution in [0, 0.1) is 0 Å². The lowest BCUT2D eigenvalue weighted by molar-refractivity contribution is 0.245. The molecular weight excluding hydrogens is 515 g/mol. The normalized spacial score (nSPS) is 15.1. The highest BCUT2D eigenvalue weighted by molar-refractivity contribution is 14.0. The van der Waals surface area contributed by atoms with Crippen molar-refractivity contribution in [3.05, 3.63) is 53.7 Å². The van der Waals surface area contributed by atoms with Crippen molar-refractivity contribution in [3.8, 4) is 5.75 Å². The van der Waals surface area contributed by atoms with E-state index in [1.54, 1.807) is 7.11 Å². The molecule has 1 aliphatic heterocycles. The molecule has 2 aromatic rings. The number of hydrogen-bond donors (Lipinski definition) is 2. The first-order valence-electron chi connectivity index (χ1n) is 11.1. The minimum absolute atomic E-state index is 0. The summed E-state index contributed by atoms with van der Waals surface area (Å²) in [5.41, 5.74) is 2.41. The molecule has 176 valence electrons. The highest BCUT2D eigenvalue weighted by Crippen LogP contribution is 2.27. The molecule has 1 saturated heterocycles. The van der Waals surface area contributed by atoms with E-state index in [0.717, 1.165) is 49.3 Å². The van der Waals surface area contributed by atoms with Crippen molar-refractivity contribution in [3.63, 3.8) is 0 Å². The van der Waals surface area contributed by atoms with Gasteiger partial charge in [0.25, 0.3) is 0 Å². The lowest BCUT2D eigenvalue weighted by Gasteiger charge is -2.29. The number of anilines is 1. The fourth-order valence-corrected chi connectivity index (χ4v) is 3.87. The quantitative estimate of drug-likeness (QED) is 0.281. The van der Waals surface area contributed by atoms with Crippen LogP contribution in [0.5, 0.6) is 5.75 Å². The van der Waals surface area contributed by atoms with Gasteiger partial charge in [0.15, 0.2) is 5.96 Å². The summed E-state index contributed by atoms with van der Waals surface area (Å²) in [6.07, 6.45) is 4.35. The molecule has 8 heteroatoms. The van der Waals surface area contributed by atoms with Crippen LogP contribution in [0.4, 0.5) is 5.82 Å². The van der Waals surface area contributed by atoms with Crippen molar-refractivity contribution in [1.29, 1.82) is 0 Å². The molecule has 1 fully saturated rings. The summed E-state index contributed by atoms with van der Waals surface area (Å²) in [4.78, 5) is 13.8. The van der Waals surface area contributed by atoms with Gasteiger partial charge in [-0.25, -0.2) is 9.98 Å². The van der Waals surface area contributed by atoms with E-state index in [-0.39, 0.29) is 30.0 Å². The van der Waals surface area contributed by atoms with Crippen LogP contribution in [0.3, 0.4) is 0 Å². The van der Waals surface area contributed by atoms with Crippen molar-refractivity contribution in [1.82, 2.24) is 20.5 Å². The van der Waals surface area contributed by atoms with Crippen molar-refractivity contribution in [2.75, 3.05) is 52.3 Å². The molecule has 32 heavy (non-hydrogen) atoms. The van der Waals surface area contributed by atoms with Gasteiger partial charge in [-0.15, -0.1) is 24.0 Å². The number of likely N-dealkylation sites (tertiary alicyclic amines) is 1. The Morgan fingerprint density at radius 3 is 2.66 bits per heavy atom. The first kappa shape index (κ1) is 26.2. The molecule has 0 saturated carbocycles. The van der Waals surface area contributed by atoms with Gasteiger partial charge in [0.2, 0.25) is 0 Å². The zero-order chi connectivity index (χ0) is 22.1. The Morgan fingerprint density at radius 1 is 1.19 bits per heavy atom. The van der Waals surface area contributed by atoms with Crippen LogP contribution >= 0.6 is 24.0 Å². The van der Waals surface area contributed by atoms with E-state index in [1.807, 2.05) is 37.3 Å². The fraction of sp³-hybridized carbons (Fsp3) is 0.500. The Bertz CT molecular complexity index is 854. The molecule has 0 radical (unpaired) electrons. The van der Waals surface area contributed by atoms with Crippen molar-refractivity contribution in [2.24, 2.45) is 4.99 Å². The van der Waals surface area contributed by atoms with Crippen LogP contribution in [-0.4, -0.2) is 63.2 Å². The van der Waals surface area contributed by atoms with Gasteiger partial charge in [-0.2, -0.15) is 0 Å². The van der Waals surface area contributed by atoms with Crippen molar-refractivity contribution >= 4 is 35.8 Å². The molecule has 1 aromatic carbocycles. The van der Waals surface area contributed by atoms with Crippen molar-refractivity contribution in [2.45, 2.75) is 32.4 Å². The number of nitrogens with zero attached hydrogens (tertiary/aromatic N) is 4. The lowest BCUT2D eigenvalue weighted by Crippen LogP contribution is -2.42. The predicted octanol–water partition coefficient (Wildman–Crippen LogP) is 3.67. The lowest BCUT2D eigenvalue weighted by atomic mass is 10.1. The molecule has 2 heterocycles. The highest BCUT2D eigenvalue weighted by Gasteiger charge is 2.24. The molecule has 2 N–H and O–H groups in total. The maximum absolute atomic E-state index is 5.46. The third-order valence-electron chi connectivity index (χ3n) is 5.55. The van der Waals surface area contributed by atoms with Gasteiger partial charge >= 0.3 is 0 Å². The minimum Gasteiger partial charge on any atom is -0.497 e. The average molecular weight is 553 g/mol. The van der Waals surface area contributed by atoms with Gasteiger partial charge in [0, 0.05) is 33.4 Å². The summed E-state index contributed by atoms with van der Waals surface area (Å²) in [6, 6.07) is 12.8. The summed E-state index contributed by atoms with van der Waals surface area (Å²) in [7, 11) is 5.72. The van der Waals surface area contributed by atoms with Gasteiger partial charge < -0.3 is 20.3 Å². The smallest absolute Gasteiger partial charge is 0.191 e. The van der Waals surface area contributed by atoms with Gasteiger partial charge in [0.1, 0.15) is 11.6 Å². The number of guanidine groups is 1. The molecule has 0 aliphatic carbocycles. The summed E-state index contributed by atoms with van der Waals surface area (Å²) < 4.78 is 5.46. The standard InChI is InChI=1S/C24H36N6O.HI/c1-5-25-24(27-17-19-11-12-26-23(15-19)29(2)3)28-18-22(30-13-6-7-14-30)20-9-8-10-21(16-20)31-4;/h8-12,15-16,22H,5-7,13-14,17-18H2,1-4H3,(H2,25,27,28);1H. The van der Waals surface area contributed by atoms with E-state index in [4.69, 9.17) is 9.73 Å². The number of pyridine rings is 1. The Labute approximate surface area is 209 Å². The molecule has 1 aromatic heterocycles. The Balaban J connectivity index is 0.00000363. The van der Waals surface area contributed by atoms with E-state index in [0.29, 0.717) is 6.54 Å². The second-order valence-corrected chi connectivity index (χ2v) is 8.03. The topological polar surface area (TPSA) is 65.0 Å². The van der Waals surface area contributed by atoms with Gasteiger partial charge in [0.05, 0.1) is 19.7 Å². The largest absolute Gasteiger partial charge is 0.497 e. The second kappa shape index (κ2) is 13.5. The number of nitrogens with one attached hydrogen (secondary N) is 2. The van der Waals surface area contributed by atoms with E-state index < -0.39 is 0 Å². The summed E-state index contributed by atoms with van der Waals surface area (Å²) >= 11 is 0. The van der Waals surface area contributed by atoms with Crippen LogP contribution in [0.1, 0.15) is 36.9 Å². The van der Waals surface area contributed by atoms with Gasteiger partial charge in [-0.05, 0) is 68.2 Å². The van der Waals surface area contributed by atoms with Crippen LogP contribution in [0.15, 0.2) is 47.6 Å². The second-order valence-electron chi connectivity index (χ2n) is 8.03. The summed E-state index contributed by atoms with van der Waals surface area (Å²) in [5.74, 6) is 2.67. The number of methoxy groups -OCH3 is 1. The fourth-order valence-electron chi connectivity index (χ4n) is 3.87. The van der Waals surface area contributed by atoms with E-state index in [2.05, 4.69) is 51.7 Å². The molecule has 3 rings (SSSR count). The monoisotopic (exact) mass is 552 g/mol. The molecule has 0 bridgehead atoms. The number of hydrogen-bond acceptors (Lipinski definition) is 5. The molecule has 1 aliphatic rings. The maximum atomic E-state index is 5.46. The number of aliphatic imine (C=N–C) groups is 1. The van der Waals surface area contributed by atoms with Gasteiger partial charge in [-0.1, -0.05) is 12.1 Å². The highest BCUT2D eigenvalue weighted by atomic mass is 127. The van der Waals surface area contributed by atoms with Gasteiger partial charge in [-0.3, -0.25) is 4.90 Å². The van der Waals surface area contributed by atoms with Crippen LogP contribution in [0.2, 0.25) is 0 Å². The third kappa shape index (κ3) is 7.51. The minimum atomic E-state index is 0. The number of rotatable bonds is 9. The summed E-state index contributed by atoms with van der Waals surface area (Å²) in [5, 5.41) is 6.95. The Morgan fingerprint density at radius 2 is 1.97 bits per heavy atom. The number of ether oxygens (including phenoxy) is 1. The Kier molecular flexibility index (Phi) is 11.0. The van der Waals surface area contributed by atoms with E-state index in [9.17, 15) is 0 Å². The molecule has 7 nitrogen and oxygen atoms in total. The zero-order valence-corrected chi connectivity index (χ0v) is 22.0. The van der Waals surface area contributed by atoms with Crippen LogP contribution in [0.25, 0.3) is 0 Å².